The van der Waals surface area contributed by atoms with Crippen molar-refractivity contribution in [2.24, 2.45) is 0 Å². The number of amides is 1. The van der Waals surface area contributed by atoms with Gasteiger partial charge in [0, 0.05) is 64.9 Å². The summed E-state index contributed by atoms with van der Waals surface area (Å²) in [5.41, 5.74) is 1.28. The third-order valence-electron chi connectivity index (χ3n) is 8.27. The van der Waals surface area contributed by atoms with Crippen molar-refractivity contribution in [3.8, 4) is 5.75 Å². The number of piperazine rings is 1. The maximum Gasteiger partial charge on any atom is 0.248 e. The Bertz CT molecular complexity index is 1020. The van der Waals surface area contributed by atoms with E-state index in [2.05, 4.69) is 23.6 Å². The lowest BCUT2D eigenvalue weighted by molar-refractivity contribution is -0.138. The van der Waals surface area contributed by atoms with Crippen molar-refractivity contribution in [3.05, 3.63) is 23.3 Å². The monoisotopic (exact) mass is 552 g/mol. The van der Waals surface area contributed by atoms with Crippen LogP contribution in [0.4, 0.5) is 0 Å². The molecule has 1 aromatic carbocycles. The number of rotatable bonds is 11. The number of sulfonamides is 1. The van der Waals surface area contributed by atoms with Gasteiger partial charge in [0.1, 0.15) is 12.4 Å². The number of carbonyl (C=O) groups is 1. The molecule has 216 valence electrons. The second kappa shape index (κ2) is 13.6. The number of ether oxygens (including phenoxy) is 2. The molecule has 9 nitrogen and oxygen atoms in total. The minimum absolute atomic E-state index is 0.0425. The molecule has 0 unspecified atom stereocenters. The molecular weight excluding hydrogens is 504 g/mol. The van der Waals surface area contributed by atoms with Crippen LogP contribution in [0.5, 0.6) is 5.75 Å². The van der Waals surface area contributed by atoms with Crippen LogP contribution < -0.4 is 4.74 Å². The van der Waals surface area contributed by atoms with E-state index in [1.54, 1.807) is 40.1 Å². The van der Waals surface area contributed by atoms with Gasteiger partial charge in [-0.3, -0.25) is 14.6 Å². The molecule has 1 amide bonds. The van der Waals surface area contributed by atoms with Crippen molar-refractivity contribution in [2.45, 2.75) is 76.4 Å². The molecule has 0 N–H and O–H groups in total. The first-order valence-corrected chi connectivity index (χ1v) is 15.3. The lowest BCUT2D eigenvalue weighted by atomic mass is 9.88. The Balaban J connectivity index is 1.45. The van der Waals surface area contributed by atoms with Crippen molar-refractivity contribution in [1.82, 2.24) is 19.0 Å². The van der Waals surface area contributed by atoms with E-state index >= 15 is 0 Å². The van der Waals surface area contributed by atoms with Crippen LogP contribution >= 0.6 is 0 Å². The highest BCUT2D eigenvalue weighted by Crippen LogP contribution is 2.29. The lowest BCUT2D eigenvalue weighted by Gasteiger charge is -2.44. The Kier molecular flexibility index (Phi) is 11.0. The summed E-state index contributed by atoms with van der Waals surface area (Å²) in [6, 6.07) is 4.79. The fraction of sp³-hybridized carbons (Fsp3) is 0.750. The molecule has 1 saturated carbocycles. The van der Waals surface area contributed by atoms with Gasteiger partial charge in [0.2, 0.25) is 15.9 Å². The molecule has 0 spiro atoms. The van der Waals surface area contributed by atoms with Gasteiger partial charge in [-0.25, -0.2) is 8.42 Å². The molecule has 0 bridgehead atoms. The van der Waals surface area contributed by atoms with Gasteiger partial charge in [0.05, 0.1) is 18.6 Å². The average molecular weight is 553 g/mol. The number of hydrogen-bond acceptors (Lipinski definition) is 7. The second-order valence-electron chi connectivity index (χ2n) is 11.1. The fourth-order valence-corrected chi connectivity index (χ4v) is 7.37. The number of carbonyl (C=O) groups excluding carboxylic acids is 1. The number of methoxy groups -OCH3 is 1. The van der Waals surface area contributed by atoms with Crippen LogP contribution in [0.3, 0.4) is 0 Å². The summed E-state index contributed by atoms with van der Waals surface area (Å²) in [6.07, 6.45) is 4.35. The van der Waals surface area contributed by atoms with Crippen LogP contribution in [0.15, 0.2) is 17.0 Å². The molecule has 2 fully saturated rings. The van der Waals surface area contributed by atoms with E-state index in [4.69, 9.17) is 9.47 Å². The highest BCUT2D eigenvalue weighted by molar-refractivity contribution is 7.89. The maximum absolute atomic E-state index is 13.2. The summed E-state index contributed by atoms with van der Waals surface area (Å²) < 4.78 is 38.5. The zero-order valence-corrected chi connectivity index (χ0v) is 25.2. The SMILES string of the molecule is COc1cc(C)c(S(=O)(=O)N(C)CCOCC(=O)N(C)[C@@H]2CCC[C@@H](N3CCN(C(C)C)CC3)C2)c(C)c1. The summed E-state index contributed by atoms with van der Waals surface area (Å²) in [6.45, 7) is 12.8. The van der Waals surface area contributed by atoms with E-state index < -0.39 is 10.0 Å². The number of nitrogens with zero attached hydrogens (tertiary/aromatic N) is 4. The van der Waals surface area contributed by atoms with E-state index in [1.807, 2.05) is 11.9 Å². The number of hydrogen-bond donors (Lipinski definition) is 0. The largest absolute Gasteiger partial charge is 0.497 e. The van der Waals surface area contributed by atoms with Crippen molar-refractivity contribution in [3.63, 3.8) is 0 Å². The van der Waals surface area contributed by atoms with Gasteiger partial charge in [-0.15, -0.1) is 0 Å². The molecule has 3 rings (SSSR count). The van der Waals surface area contributed by atoms with E-state index in [9.17, 15) is 13.2 Å². The van der Waals surface area contributed by atoms with E-state index in [-0.39, 0.29) is 36.6 Å². The van der Waals surface area contributed by atoms with Gasteiger partial charge in [-0.1, -0.05) is 0 Å². The zero-order chi connectivity index (χ0) is 28.0. The van der Waals surface area contributed by atoms with Crippen LogP contribution in [-0.4, -0.2) is 119 Å². The zero-order valence-electron chi connectivity index (χ0n) is 24.4. The molecule has 2 atom stereocenters. The first kappa shape index (κ1) is 30.8. The third kappa shape index (κ3) is 7.47. The standard InChI is InChI=1S/C28H48N4O5S/c1-21(2)31-11-13-32(14-12-31)25-10-8-9-24(19-25)30(6)27(33)20-37-16-15-29(5)38(34,35)28-22(3)17-26(36-7)18-23(28)4/h17-18,21,24-25H,8-16,19-20H2,1-7H3/t24-,25-/m1/s1. The molecule has 1 aliphatic carbocycles. The topological polar surface area (TPSA) is 82.6 Å². The molecule has 0 aromatic heterocycles. The fourth-order valence-electron chi connectivity index (χ4n) is 5.81. The Labute approximate surface area is 230 Å². The average Bonchev–Trinajstić information content (AvgIpc) is 2.89. The lowest BCUT2D eigenvalue weighted by Crippen LogP contribution is -2.54. The minimum Gasteiger partial charge on any atom is -0.497 e. The smallest absolute Gasteiger partial charge is 0.248 e. The molecule has 10 heteroatoms. The molecule has 1 saturated heterocycles. The molecule has 2 aliphatic rings. The van der Waals surface area contributed by atoms with Crippen molar-refractivity contribution >= 4 is 15.9 Å². The second-order valence-corrected chi connectivity index (χ2v) is 13.1. The van der Waals surface area contributed by atoms with Gasteiger partial charge >= 0.3 is 0 Å². The van der Waals surface area contributed by atoms with Crippen LogP contribution in [0.25, 0.3) is 0 Å². The van der Waals surface area contributed by atoms with Crippen molar-refractivity contribution in [2.75, 3.05) is 67.1 Å². The molecule has 38 heavy (non-hydrogen) atoms. The van der Waals surface area contributed by atoms with Gasteiger partial charge in [0.25, 0.3) is 0 Å². The summed E-state index contributed by atoms with van der Waals surface area (Å²) in [5, 5.41) is 0. The predicted molar refractivity (Wildman–Crippen MR) is 150 cm³/mol. The molecule has 1 aromatic rings. The summed E-state index contributed by atoms with van der Waals surface area (Å²) >= 11 is 0. The Hall–Kier alpha value is -1.72. The molecule has 1 aliphatic heterocycles. The molecular formula is C28H48N4O5S. The van der Waals surface area contributed by atoms with Crippen LogP contribution in [0.2, 0.25) is 0 Å². The summed E-state index contributed by atoms with van der Waals surface area (Å²) in [5.74, 6) is 0.582. The summed E-state index contributed by atoms with van der Waals surface area (Å²) in [7, 11) is 1.29. The van der Waals surface area contributed by atoms with E-state index in [0.29, 0.717) is 29.0 Å². The third-order valence-corrected chi connectivity index (χ3v) is 10.4. The normalized spacial score (nSPS) is 21.7. The van der Waals surface area contributed by atoms with Gasteiger partial charge < -0.3 is 14.4 Å². The highest BCUT2D eigenvalue weighted by Gasteiger charge is 2.32. The number of benzene rings is 1. The van der Waals surface area contributed by atoms with Gasteiger partial charge in [-0.2, -0.15) is 4.31 Å². The van der Waals surface area contributed by atoms with Crippen LogP contribution in [0, 0.1) is 13.8 Å². The van der Waals surface area contributed by atoms with Crippen LogP contribution in [0.1, 0.15) is 50.7 Å². The number of aryl methyl sites for hydroxylation is 2. The van der Waals surface area contributed by atoms with Crippen molar-refractivity contribution < 1.29 is 22.7 Å². The van der Waals surface area contributed by atoms with Gasteiger partial charge in [0.15, 0.2) is 0 Å². The van der Waals surface area contributed by atoms with Crippen LogP contribution in [-0.2, 0) is 19.6 Å². The van der Waals surface area contributed by atoms with E-state index in [1.165, 1.54) is 10.7 Å². The Morgan fingerprint density at radius 3 is 2.29 bits per heavy atom. The predicted octanol–water partition coefficient (Wildman–Crippen LogP) is 2.74. The Morgan fingerprint density at radius 2 is 1.71 bits per heavy atom. The first-order chi connectivity index (χ1) is 17.9. The quantitative estimate of drug-likeness (QED) is 0.391. The van der Waals surface area contributed by atoms with E-state index in [0.717, 1.165) is 45.4 Å². The maximum atomic E-state index is 13.2. The molecule has 0 radical (unpaired) electrons. The number of likely N-dealkylation sites (N-methyl/N-ethyl adjacent to an activating group) is 2. The van der Waals surface area contributed by atoms with Gasteiger partial charge in [-0.05, 0) is 76.6 Å². The first-order valence-electron chi connectivity index (χ1n) is 13.9. The summed E-state index contributed by atoms with van der Waals surface area (Å²) in [4.78, 5) is 20.2. The minimum atomic E-state index is -3.69. The molecule has 1 heterocycles. The van der Waals surface area contributed by atoms with Crippen molar-refractivity contribution in [1.29, 1.82) is 0 Å². The Morgan fingerprint density at radius 1 is 1.08 bits per heavy atom. The highest BCUT2D eigenvalue weighted by atomic mass is 32.2.